The van der Waals surface area contributed by atoms with Gasteiger partial charge < -0.3 is 5.32 Å². The molecule has 5 heteroatoms. The number of rotatable bonds is 5. The molecule has 0 aliphatic heterocycles. The van der Waals surface area contributed by atoms with E-state index in [1.54, 1.807) is 0 Å². The molecule has 1 aliphatic rings. The van der Waals surface area contributed by atoms with E-state index in [0.717, 1.165) is 40.3 Å². The fourth-order valence-electron chi connectivity index (χ4n) is 3.51. The number of nitrogens with zero attached hydrogens (tertiary/aromatic N) is 2. The average Bonchev–Trinajstić information content (AvgIpc) is 3.31. The molecular weight excluding hydrogens is 336 g/mol. The molecule has 0 bridgehead atoms. The Morgan fingerprint density at radius 3 is 2.59 bits per heavy atom. The maximum atomic E-state index is 11.8. The Balaban J connectivity index is 1.64. The van der Waals surface area contributed by atoms with Crippen LogP contribution >= 0.6 is 0 Å². The number of carbonyl (C=O) groups is 1. The zero-order valence-electron chi connectivity index (χ0n) is 15.5. The summed E-state index contributed by atoms with van der Waals surface area (Å²) in [6.07, 6.45) is 1.37. The van der Waals surface area contributed by atoms with Gasteiger partial charge in [-0.15, -0.1) is 0 Å². The zero-order valence-corrected chi connectivity index (χ0v) is 15.5. The van der Waals surface area contributed by atoms with Crippen molar-refractivity contribution in [3.63, 3.8) is 0 Å². The van der Waals surface area contributed by atoms with Crippen molar-refractivity contribution in [1.29, 1.82) is 0 Å². The van der Waals surface area contributed by atoms with Crippen LogP contribution in [0.15, 0.2) is 65.9 Å². The third-order valence-corrected chi connectivity index (χ3v) is 5.19. The largest absolute Gasteiger partial charge is 0.359 e. The first-order valence-corrected chi connectivity index (χ1v) is 9.19. The number of aromatic amines is 1. The second-order valence-corrected chi connectivity index (χ2v) is 6.92. The summed E-state index contributed by atoms with van der Waals surface area (Å²) in [6.45, 7) is 4.02. The summed E-state index contributed by atoms with van der Waals surface area (Å²) in [6, 6.07) is 18.4. The van der Waals surface area contributed by atoms with Crippen LogP contribution in [0.2, 0.25) is 0 Å². The molecule has 0 radical (unpaired) electrons. The molecule has 1 heterocycles. The van der Waals surface area contributed by atoms with Crippen LogP contribution in [-0.4, -0.2) is 21.2 Å². The van der Waals surface area contributed by atoms with Crippen LogP contribution in [0.1, 0.15) is 43.9 Å². The molecule has 4 rings (SSSR count). The molecule has 1 aliphatic carbocycles. The number of allylic oxidation sites excluding steroid dienone is 2. The van der Waals surface area contributed by atoms with Gasteiger partial charge >= 0.3 is 0 Å². The maximum absolute atomic E-state index is 11.8. The average molecular weight is 358 g/mol. The van der Waals surface area contributed by atoms with Gasteiger partial charge in [-0.2, -0.15) is 15.4 Å². The van der Waals surface area contributed by atoms with Gasteiger partial charge in [0, 0.05) is 34.9 Å². The van der Waals surface area contributed by atoms with Crippen LogP contribution in [0.3, 0.4) is 0 Å². The van der Waals surface area contributed by atoms with Gasteiger partial charge in [0.1, 0.15) is 5.69 Å². The van der Waals surface area contributed by atoms with Gasteiger partial charge in [-0.05, 0) is 31.0 Å². The fraction of sp³-hybridized carbons (Fsp3) is 0.227. The van der Waals surface area contributed by atoms with E-state index in [0.29, 0.717) is 6.42 Å². The van der Waals surface area contributed by atoms with E-state index >= 15 is 0 Å². The molecule has 2 N–H and O–H groups in total. The van der Waals surface area contributed by atoms with Crippen molar-refractivity contribution >= 4 is 11.5 Å². The first-order valence-electron chi connectivity index (χ1n) is 9.19. The molecule has 0 fully saturated rings. The Bertz CT molecular complexity index is 1000. The van der Waals surface area contributed by atoms with E-state index in [4.69, 9.17) is 0 Å². The van der Waals surface area contributed by atoms with Gasteiger partial charge in [0.15, 0.2) is 5.78 Å². The van der Waals surface area contributed by atoms with E-state index < -0.39 is 0 Å². The van der Waals surface area contributed by atoms with Crippen LogP contribution in [0, 0.1) is 0 Å². The van der Waals surface area contributed by atoms with Gasteiger partial charge in [-0.1, -0.05) is 49.4 Å². The Morgan fingerprint density at radius 1 is 1.04 bits per heavy atom. The highest BCUT2D eigenvalue weighted by molar-refractivity contribution is 5.98. The van der Waals surface area contributed by atoms with Gasteiger partial charge in [0.2, 0.25) is 0 Å². The molecule has 136 valence electrons. The standard InChI is InChI=1S/C22H22N4O/c1-14(16-7-4-3-5-8-16)21-22(25-26-24-21)17-9-6-10-18(13-17)23-19-11-12-20(27)15(19)2/h3-10,13-14,23H,11-12H2,1-2H3,(H,24,25,26). The highest BCUT2D eigenvalue weighted by Gasteiger charge is 2.20. The minimum Gasteiger partial charge on any atom is -0.359 e. The van der Waals surface area contributed by atoms with Gasteiger partial charge in [0.25, 0.3) is 0 Å². The smallest absolute Gasteiger partial charge is 0.160 e. The van der Waals surface area contributed by atoms with Crippen LogP contribution in [0.25, 0.3) is 11.3 Å². The second-order valence-electron chi connectivity index (χ2n) is 6.92. The van der Waals surface area contributed by atoms with Crippen molar-refractivity contribution in [1.82, 2.24) is 15.4 Å². The summed E-state index contributed by atoms with van der Waals surface area (Å²) in [7, 11) is 0. The molecule has 0 amide bonds. The summed E-state index contributed by atoms with van der Waals surface area (Å²) < 4.78 is 0. The third kappa shape index (κ3) is 3.40. The van der Waals surface area contributed by atoms with E-state index in [-0.39, 0.29) is 11.7 Å². The SMILES string of the molecule is CC1=C(Nc2cccc(-c3n[nH]nc3C(C)c3ccccc3)c2)CCC1=O. The predicted octanol–water partition coefficient (Wildman–Crippen LogP) is 4.67. The number of carbonyl (C=O) groups excluding carboxylic acids is 1. The van der Waals surface area contributed by atoms with E-state index in [9.17, 15) is 4.79 Å². The van der Waals surface area contributed by atoms with Gasteiger partial charge in [-0.3, -0.25) is 4.79 Å². The van der Waals surface area contributed by atoms with Gasteiger partial charge in [0.05, 0.1) is 5.69 Å². The molecule has 1 unspecified atom stereocenters. The Hall–Kier alpha value is -3.21. The fourth-order valence-corrected chi connectivity index (χ4v) is 3.51. The lowest BCUT2D eigenvalue weighted by Gasteiger charge is -2.12. The molecule has 5 nitrogen and oxygen atoms in total. The van der Waals surface area contributed by atoms with Crippen molar-refractivity contribution in [3.05, 3.63) is 77.1 Å². The first kappa shape index (κ1) is 17.2. The molecule has 1 aromatic heterocycles. The minimum atomic E-state index is 0.133. The molecule has 0 spiro atoms. The number of anilines is 1. The van der Waals surface area contributed by atoms with Crippen LogP contribution in [-0.2, 0) is 4.79 Å². The van der Waals surface area contributed by atoms with E-state index in [2.05, 4.69) is 45.9 Å². The van der Waals surface area contributed by atoms with Crippen molar-refractivity contribution < 1.29 is 4.79 Å². The molecule has 0 saturated carbocycles. The lowest BCUT2D eigenvalue weighted by atomic mass is 9.94. The number of hydrogen-bond acceptors (Lipinski definition) is 4. The first-order chi connectivity index (χ1) is 13.1. The normalized spacial score (nSPS) is 15.3. The summed E-state index contributed by atoms with van der Waals surface area (Å²) in [4.78, 5) is 11.8. The molecular formula is C22H22N4O. The molecule has 1 atom stereocenters. The molecule has 27 heavy (non-hydrogen) atoms. The summed E-state index contributed by atoms with van der Waals surface area (Å²) >= 11 is 0. The van der Waals surface area contributed by atoms with Crippen molar-refractivity contribution in [2.75, 3.05) is 5.32 Å². The van der Waals surface area contributed by atoms with Crippen LogP contribution in [0.4, 0.5) is 5.69 Å². The highest BCUT2D eigenvalue weighted by atomic mass is 16.1. The summed E-state index contributed by atoms with van der Waals surface area (Å²) in [5.41, 5.74) is 6.77. The number of H-pyrrole nitrogens is 1. The summed E-state index contributed by atoms with van der Waals surface area (Å²) in [5, 5.41) is 15.0. The molecule has 0 saturated heterocycles. The quantitative estimate of drug-likeness (QED) is 0.695. The van der Waals surface area contributed by atoms with Crippen LogP contribution < -0.4 is 5.32 Å². The molecule has 3 aromatic rings. The molecule has 2 aromatic carbocycles. The van der Waals surface area contributed by atoms with E-state index in [1.807, 2.05) is 43.3 Å². The lowest BCUT2D eigenvalue weighted by molar-refractivity contribution is -0.114. The number of benzene rings is 2. The monoisotopic (exact) mass is 358 g/mol. The number of ketones is 1. The number of hydrogen-bond donors (Lipinski definition) is 2. The van der Waals surface area contributed by atoms with Crippen molar-refractivity contribution in [3.8, 4) is 11.3 Å². The van der Waals surface area contributed by atoms with Crippen LogP contribution in [0.5, 0.6) is 0 Å². The zero-order chi connectivity index (χ0) is 18.8. The topological polar surface area (TPSA) is 70.7 Å². The van der Waals surface area contributed by atoms with Crippen molar-refractivity contribution in [2.45, 2.75) is 32.6 Å². The van der Waals surface area contributed by atoms with Gasteiger partial charge in [-0.25, -0.2) is 0 Å². The second kappa shape index (κ2) is 7.19. The number of Topliss-reactive ketones (excluding diaryl/α,β-unsaturated/α-hetero) is 1. The Labute approximate surface area is 158 Å². The highest BCUT2D eigenvalue weighted by Crippen LogP contribution is 2.32. The minimum absolute atomic E-state index is 0.133. The maximum Gasteiger partial charge on any atom is 0.160 e. The predicted molar refractivity (Wildman–Crippen MR) is 106 cm³/mol. The van der Waals surface area contributed by atoms with Crippen molar-refractivity contribution in [2.24, 2.45) is 0 Å². The summed E-state index contributed by atoms with van der Waals surface area (Å²) in [5.74, 6) is 0.359. The Morgan fingerprint density at radius 2 is 1.85 bits per heavy atom. The van der Waals surface area contributed by atoms with E-state index in [1.165, 1.54) is 5.56 Å². The number of aromatic nitrogens is 3. The third-order valence-electron chi connectivity index (χ3n) is 5.19. The Kier molecular flexibility index (Phi) is 4.59. The number of nitrogens with one attached hydrogen (secondary N) is 2. The lowest BCUT2D eigenvalue weighted by Crippen LogP contribution is -2.01.